The van der Waals surface area contributed by atoms with E-state index in [9.17, 15) is 13.9 Å². The van der Waals surface area contributed by atoms with Crippen LogP contribution < -0.4 is 0 Å². The van der Waals surface area contributed by atoms with E-state index in [2.05, 4.69) is 16.7 Å². The molecule has 5 heteroatoms. The van der Waals surface area contributed by atoms with Gasteiger partial charge in [-0.05, 0) is 18.6 Å². The Morgan fingerprint density at radius 3 is 2.25 bits per heavy atom. The minimum atomic E-state index is -0.478. The molecule has 0 spiro atoms. The van der Waals surface area contributed by atoms with E-state index in [1.165, 1.54) is 18.2 Å². The summed E-state index contributed by atoms with van der Waals surface area (Å²) < 4.78 is 27.2. The van der Waals surface area contributed by atoms with Gasteiger partial charge in [0.05, 0.1) is 6.61 Å². The SMILES string of the molecule is CCC(CO)N1CCN(Cc2c(F)cccc2F)CC1. The number of hydrogen-bond acceptors (Lipinski definition) is 3. The Bertz CT molecular complexity index is 410. The number of piperazine rings is 1. The molecule has 0 aromatic heterocycles. The van der Waals surface area contributed by atoms with Crippen LogP contribution in [0.3, 0.4) is 0 Å². The second-order valence-electron chi connectivity index (χ2n) is 5.26. The Morgan fingerprint density at radius 1 is 1.15 bits per heavy atom. The van der Waals surface area contributed by atoms with Gasteiger partial charge in [0, 0.05) is 44.3 Å². The maximum atomic E-state index is 13.6. The van der Waals surface area contributed by atoms with Crippen LogP contribution in [0.15, 0.2) is 18.2 Å². The molecule has 3 nitrogen and oxygen atoms in total. The van der Waals surface area contributed by atoms with E-state index in [0.29, 0.717) is 6.54 Å². The monoisotopic (exact) mass is 284 g/mol. The molecule has 1 aromatic rings. The molecule has 1 fully saturated rings. The van der Waals surface area contributed by atoms with Crippen molar-refractivity contribution in [1.29, 1.82) is 0 Å². The van der Waals surface area contributed by atoms with Crippen molar-refractivity contribution in [2.24, 2.45) is 0 Å². The van der Waals surface area contributed by atoms with Crippen molar-refractivity contribution in [3.63, 3.8) is 0 Å². The van der Waals surface area contributed by atoms with Crippen molar-refractivity contribution in [2.45, 2.75) is 25.9 Å². The highest BCUT2D eigenvalue weighted by Gasteiger charge is 2.23. The minimum absolute atomic E-state index is 0.148. The summed E-state index contributed by atoms with van der Waals surface area (Å²) in [7, 11) is 0. The highest BCUT2D eigenvalue weighted by atomic mass is 19.1. The average molecular weight is 284 g/mol. The third kappa shape index (κ3) is 3.53. The lowest BCUT2D eigenvalue weighted by atomic mass is 10.1. The summed E-state index contributed by atoms with van der Waals surface area (Å²) in [5, 5.41) is 9.30. The normalized spacial score (nSPS) is 19.2. The van der Waals surface area contributed by atoms with Crippen molar-refractivity contribution in [3.05, 3.63) is 35.4 Å². The molecule has 112 valence electrons. The predicted octanol–water partition coefficient (Wildman–Crippen LogP) is 1.85. The van der Waals surface area contributed by atoms with Gasteiger partial charge in [0.25, 0.3) is 0 Å². The molecule has 1 heterocycles. The largest absolute Gasteiger partial charge is 0.395 e. The van der Waals surface area contributed by atoms with Crippen LogP contribution in [0, 0.1) is 11.6 Å². The molecule has 1 unspecified atom stereocenters. The summed E-state index contributed by atoms with van der Waals surface area (Å²) in [4.78, 5) is 4.30. The van der Waals surface area contributed by atoms with Crippen molar-refractivity contribution in [1.82, 2.24) is 9.80 Å². The molecule has 0 amide bonds. The number of nitrogens with zero attached hydrogens (tertiary/aromatic N) is 2. The van der Waals surface area contributed by atoms with Crippen molar-refractivity contribution in [3.8, 4) is 0 Å². The van der Waals surface area contributed by atoms with Gasteiger partial charge in [-0.15, -0.1) is 0 Å². The van der Waals surface area contributed by atoms with Gasteiger partial charge in [0.15, 0.2) is 0 Å². The fourth-order valence-corrected chi connectivity index (χ4v) is 2.70. The molecule has 0 aliphatic carbocycles. The van der Waals surface area contributed by atoms with Gasteiger partial charge in [0.2, 0.25) is 0 Å². The van der Waals surface area contributed by atoms with Crippen LogP contribution in [-0.4, -0.2) is 53.7 Å². The van der Waals surface area contributed by atoms with Crippen LogP contribution in [0.2, 0.25) is 0 Å². The van der Waals surface area contributed by atoms with Crippen LogP contribution in [0.25, 0.3) is 0 Å². The number of benzene rings is 1. The maximum absolute atomic E-state index is 13.6. The van der Waals surface area contributed by atoms with E-state index in [-0.39, 0.29) is 18.2 Å². The molecule has 0 saturated carbocycles. The molecule has 1 atom stereocenters. The fraction of sp³-hybridized carbons (Fsp3) is 0.600. The molecule has 0 radical (unpaired) electrons. The summed E-state index contributed by atoms with van der Waals surface area (Å²) in [6.45, 7) is 5.72. The summed E-state index contributed by atoms with van der Waals surface area (Å²) >= 11 is 0. The van der Waals surface area contributed by atoms with E-state index in [4.69, 9.17) is 0 Å². The van der Waals surface area contributed by atoms with Gasteiger partial charge in [-0.2, -0.15) is 0 Å². The minimum Gasteiger partial charge on any atom is -0.395 e. The van der Waals surface area contributed by atoms with Gasteiger partial charge in [-0.25, -0.2) is 8.78 Å². The number of aliphatic hydroxyl groups excluding tert-OH is 1. The quantitative estimate of drug-likeness (QED) is 0.894. The molecule has 2 rings (SSSR count). The smallest absolute Gasteiger partial charge is 0.130 e. The summed E-state index contributed by atoms with van der Waals surface area (Å²) in [5.41, 5.74) is 0.148. The predicted molar refractivity (Wildman–Crippen MR) is 74.4 cm³/mol. The Kier molecular flexibility index (Phi) is 5.46. The third-order valence-corrected chi connectivity index (χ3v) is 4.05. The van der Waals surface area contributed by atoms with Gasteiger partial charge in [-0.1, -0.05) is 13.0 Å². The molecule has 0 bridgehead atoms. The van der Waals surface area contributed by atoms with E-state index in [1.54, 1.807) is 0 Å². The van der Waals surface area contributed by atoms with E-state index < -0.39 is 11.6 Å². The second-order valence-corrected chi connectivity index (χ2v) is 5.26. The summed E-state index contributed by atoms with van der Waals surface area (Å²) in [6.07, 6.45) is 0.915. The Balaban J connectivity index is 1.92. The van der Waals surface area contributed by atoms with E-state index in [0.717, 1.165) is 32.6 Å². The lowest BCUT2D eigenvalue weighted by Crippen LogP contribution is -2.50. The topological polar surface area (TPSA) is 26.7 Å². The third-order valence-electron chi connectivity index (χ3n) is 4.05. The van der Waals surface area contributed by atoms with Crippen LogP contribution in [-0.2, 0) is 6.54 Å². The number of rotatable bonds is 5. The molecular weight excluding hydrogens is 262 g/mol. The number of halogens is 2. The molecule has 1 aliphatic rings. The van der Waals surface area contributed by atoms with Crippen LogP contribution >= 0.6 is 0 Å². The molecule has 1 saturated heterocycles. The highest BCUT2D eigenvalue weighted by Crippen LogP contribution is 2.17. The first-order valence-electron chi connectivity index (χ1n) is 7.15. The lowest BCUT2D eigenvalue weighted by molar-refractivity contribution is 0.0600. The Hall–Kier alpha value is -1.04. The fourth-order valence-electron chi connectivity index (χ4n) is 2.70. The second kappa shape index (κ2) is 7.11. The zero-order valence-electron chi connectivity index (χ0n) is 11.9. The first-order valence-corrected chi connectivity index (χ1v) is 7.15. The molecule has 20 heavy (non-hydrogen) atoms. The molecule has 1 aliphatic heterocycles. The van der Waals surface area contributed by atoms with Crippen LogP contribution in [0.5, 0.6) is 0 Å². The standard InChI is InChI=1S/C15H22F2N2O/c1-2-12(11-20)19-8-6-18(7-9-19)10-13-14(16)4-3-5-15(13)17/h3-5,12,20H,2,6-11H2,1H3. The average Bonchev–Trinajstić information content (AvgIpc) is 2.46. The summed E-state index contributed by atoms with van der Waals surface area (Å²) in [5.74, 6) is -0.955. The first-order chi connectivity index (χ1) is 9.65. The molecule has 1 aromatic carbocycles. The maximum Gasteiger partial charge on any atom is 0.130 e. The highest BCUT2D eigenvalue weighted by molar-refractivity contribution is 5.19. The number of hydrogen-bond donors (Lipinski definition) is 1. The van der Waals surface area contributed by atoms with Crippen molar-refractivity contribution in [2.75, 3.05) is 32.8 Å². The zero-order valence-corrected chi connectivity index (χ0v) is 11.9. The molecular formula is C15H22F2N2O. The van der Waals surface area contributed by atoms with Gasteiger partial charge < -0.3 is 5.11 Å². The van der Waals surface area contributed by atoms with Crippen molar-refractivity contribution >= 4 is 0 Å². The van der Waals surface area contributed by atoms with Crippen LogP contribution in [0.4, 0.5) is 8.78 Å². The first kappa shape index (κ1) is 15.4. The molecule has 1 N–H and O–H groups in total. The van der Waals surface area contributed by atoms with E-state index >= 15 is 0 Å². The van der Waals surface area contributed by atoms with Gasteiger partial charge >= 0.3 is 0 Å². The lowest BCUT2D eigenvalue weighted by Gasteiger charge is -2.38. The summed E-state index contributed by atoms with van der Waals surface area (Å²) in [6, 6.07) is 4.18. The van der Waals surface area contributed by atoms with Gasteiger partial charge in [0.1, 0.15) is 11.6 Å². The Labute approximate surface area is 118 Å². The Morgan fingerprint density at radius 2 is 1.75 bits per heavy atom. The van der Waals surface area contributed by atoms with Crippen molar-refractivity contribution < 1.29 is 13.9 Å². The zero-order chi connectivity index (χ0) is 14.5. The van der Waals surface area contributed by atoms with Gasteiger partial charge in [-0.3, -0.25) is 9.80 Å². The van der Waals surface area contributed by atoms with E-state index in [1.807, 2.05) is 0 Å². The number of aliphatic hydroxyl groups is 1. The van der Waals surface area contributed by atoms with Crippen LogP contribution in [0.1, 0.15) is 18.9 Å².